The van der Waals surface area contributed by atoms with Crippen molar-refractivity contribution in [2.45, 2.75) is 12.5 Å². The first-order valence-electron chi connectivity index (χ1n) is 6.29. The molecule has 0 saturated carbocycles. The van der Waals surface area contributed by atoms with Crippen LogP contribution in [-0.2, 0) is 6.42 Å². The first kappa shape index (κ1) is 13.0. The van der Waals surface area contributed by atoms with Gasteiger partial charge in [0.1, 0.15) is 0 Å². The summed E-state index contributed by atoms with van der Waals surface area (Å²) in [5, 5.41) is 11.2. The number of para-hydroxylation sites is 1. The minimum Gasteiger partial charge on any atom is -0.481 e. The number of rotatable bonds is 4. The molecule has 0 radical (unpaired) electrons. The first-order chi connectivity index (χ1) is 9.76. The van der Waals surface area contributed by atoms with E-state index < -0.39 is 6.10 Å². The van der Waals surface area contributed by atoms with Crippen LogP contribution in [0.3, 0.4) is 0 Å². The van der Waals surface area contributed by atoms with Crippen molar-refractivity contribution in [3.05, 3.63) is 53.2 Å². The Balaban J connectivity index is 1.78. The standard InChI is InChI=1S/C15H14N2O2S/c1-19-14-7-6-10(9-16-14)12(18)8-15-17-11-4-2-3-5-13(11)20-15/h2-7,9,12,18H,8H2,1H3. The summed E-state index contributed by atoms with van der Waals surface area (Å²) in [5.74, 6) is 0.543. The van der Waals surface area contributed by atoms with Crippen molar-refractivity contribution in [2.75, 3.05) is 7.11 Å². The van der Waals surface area contributed by atoms with E-state index in [1.54, 1.807) is 30.7 Å². The van der Waals surface area contributed by atoms with Crippen molar-refractivity contribution in [1.82, 2.24) is 9.97 Å². The van der Waals surface area contributed by atoms with Gasteiger partial charge < -0.3 is 9.84 Å². The molecule has 3 rings (SSSR count). The summed E-state index contributed by atoms with van der Waals surface area (Å²) in [6, 6.07) is 11.6. The Bertz CT molecular complexity index is 676. The van der Waals surface area contributed by atoms with Crippen LogP contribution in [0, 0.1) is 0 Å². The van der Waals surface area contributed by atoms with E-state index in [0.717, 1.165) is 20.8 Å². The number of methoxy groups -OCH3 is 1. The van der Waals surface area contributed by atoms with Crippen LogP contribution in [0.15, 0.2) is 42.6 Å². The van der Waals surface area contributed by atoms with Crippen LogP contribution < -0.4 is 4.74 Å². The molecule has 1 unspecified atom stereocenters. The second kappa shape index (κ2) is 5.56. The minimum absolute atomic E-state index is 0.493. The van der Waals surface area contributed by atoms with Crippen molar-refractivity contribution in [3.63, 3.8) is 0 Å². The number of nitrogens with zero attached hydrogens (tertiary/aromatic N) is 2. The summed E-state index contributed by atoms with van der Waals surface area (Å²) in [4.78, 5) is 8.63. The molecule has 2 aromatic heterocycles. The molecule has 102 valence electrons. The third-order valence-electron chi connectivity index (χ3n) is 3.06. The van der Waals surface area contributed by atoms with Gasteiger partial charge in [-0.3, -0.25) is 0 Å². The maximum atomic E-state index is 10.2. The molecule has 20 heavy (non-hydrogen) atoms. The van der Waals surface area contributed by atoms with E-state index in [0.29, 0.717) is 12.3 Å². The number of thiazole rings is 1. The van der Waals surface area contributed by atoms with Crippen LogP contribution in [0.4, 0.5) is 0 Å². The molecule has 0 aliphatic carbocycles. The van der Waals surface area contributed by atoms with Gasteiger partial charge >= 0.3 is 0 Å². The van der Waals surface area contributed by atoms with Crippen LogP contribution in [0.2, 0.25) is 0 Å². The Morgan fingerprint density at radius 2 is 2.10 bits per heavy atom. The van der Waals surface area contributed by atoms with Crippen molar-refractivity contribution in [3.8, 4) is 5.88 Å². The number of hydrogen-bond donors (Lipinski definition) is 1. The lowest BCUT2D eigenvalue weighted by Crippen LogP contribution is -2.02. The first-order valence-corrected chi connectivity index (χ1v) is 7.10. The highest BCUT2D eigenvalue weighted by Crippen LogP contribution is 2.26. The normalized spacial score (nSPS) is 12.5. The molecule has 0 aliphatic rings. The summed E-state index contributed by atoms with van der Waals surface area (Å²) in [6.45, 7) is 0. The number of aliphatic hydroxyl groups is 1. The van der Waals surface area contributed by atoms with Crippen LogP contribution >= 0.6 is 11.3 Å². The largest absolute Gasteiger partial charge is 0.481 e. The summed E-state index contributed by atoms with van der Waals surface area (Å²) in [5.41, 5.74) is 1.75. The van der Waals surface area contributed by atoms with E-state index in [4.69, 9.17) is 4.74 Å². The maximum Gasteiger partial charge on any atom is 0.212 e. The second-order valence-electron chi connectivity index (χ2n) is 4.43. The van der Waals surface area contributed by atoms with Crippen molar-refractivity contribution >= 4 is 21.6 Å². The molecular weight excluding hydrogens is 272 g/mol. The van der Waals surface area contributed by atoms with E-state index in [1.807, 2.05) is 30.3 Å². The number of aromatic nitrogens is 2. The number of benzene rings is 1. The fourth-order valence-electron chi connectivity index (χ4n) is 2.00. The Morgan fingerprint density at radius 3 is 2.80 bits per heavy atom. The Labute approximate surface area is 120 Å². The van der Waals surface area contributed by atoms with Crippen molar-refractivity contribution < 1.29 is 9.84 Å². The predicted octanol–water partition coefficient (Wildman–Crippen LogP) is 2.98. The maximum absolute atomic E-state index is 10.2. The van der Waals surface area contributed by atoms with Gasteiger partial charge in [0.05, 0.1) is 28.4 Å². The third-order valence-corrected chi connectivity index (χ3v) is 4.12. The van der Waals surface area contributed by atoms with Crippen LogP contribution in [0.5, 0.6) is 5.88 Å². The van der Waals surface area contributed by atoms with Crippen molar-refractivity contribution in [1.29, 1.82) is 0 Å². The lowest BCUT2D eigenvalue weighted by atomic mass is 10.1. The van der Waals surface area contributed by atoms with Crippen LogP contribution in [0.25, 0.3) is 10.2 Å². The highest BCUT2D eigenvalue weighted by Gasteiger charge is 2.12. The summed E-state index contributed by atoms with van der Waals surface area (Å²) in [6.07, 6.45) is 1.53. The number of ether oxygens (including phenoxy) is 1. The molecule has 4 nitrogen and oxygen atoms in total. The predicted molar refractivity (Wildman–Crippen MR) is 79.1 cm³/mol. The molecule has 0 bridgehead atoms. The Morgan fingerprint density at radius 1 is 1.25 bits per heavy atom. The second-order valence-corrected chi connectivity index (χ2v) is 5.54. The van der Waals surface area contributed by atoms with Gasteiger partial charge in [-0.05, 0) is 23.8 Å². The molecule has 0 spiro atoms. The minimum atomic E-state index is -0.603. The summed E-state index contributed by atoms with van der Waals surface area (Å²) >= 11 is 1.61. The topological polar surface area (TPSA) is 55.2 Å². The molecule has 0 amide bonds. The summed E-state index contributed by atoms with van der Waals surface area (Å²) < 4.78 is 6.15. The monoisotopic (exact) mass is 286 g/mol. The molecule has 0 fully saturated rings. The quantitative estimate of drug-likeness (QED) is 0.801. The molecule has 1 aromatic carbocycles. The van der Waals surface area contributed by atoms with Gasteiger partial charge in [-0.25, -0.2) is 9.97 Å². The lowest BCUT2D eigenvalue weighted by Gasteiger charge is -2.09. The molecule has 0 aliphatic heterocycles. The molecule has 5 heteroatoms. The molecule has 3 aromatic rings. The van der Waals surface area contributed by atoms with Gasteiger partial charge in [0.2, 0.25) is 5.88 Å². The van der Waals surface area contributed by atoms with Crippen LogP contribution in [0.1, 0.15) is 16.7 Å². The fourth-order valence-corrected chi connectivity index (χ4v) is 3.00. The zero-order valence-electron chi connectivity index (χ0n) is 11.0. The number of hydrogen-bond acceptors (Lipinski definition) is 5. The van der Waals surface area contributed by atoms with Crippen LogP contribution in [-0.4, -0.2) is 22.2 Å². The summed E-state index contributed by atoms with van der Waals surface area (Å²) in [7, 11) is 1.57. The highest BCUT2D eigenvalue weighted by molar-refractivity contribution is 7.18. The zero-order valence-corrected chi connectivity index (χ0v) is 11.8. The lowest BCUT2D eigenvalue weighted by molar-refractivity contribution is 0.178. The van der Waals surface area contributed by atoms with Gasteiger partial charge in [-0.2, -0.15) is 0 Å². The van der Waals surface area contributed by atoms with E-state index in [-0.39, 0.29) is 0 Å². The number of fused-ring (bicyclic) bond motifs is 1. The van der Waals surface area contributed by atoms with Gasteiger partial charge in [0, 0.05) is 18.7 Å². The zero-order chi connectivity index (χ0) is 13.9. The number of aliphatic hydroxyl groups excluding tert-OH is 1. The van der Waals surface area contributed by atoms with E-state index in [1.165, 1.54) is 0 Å². The molecule has 2 heterocycles. The van der Waals surface area contributed by atoms with E-state index >= 15 is 0 Å². The average molecular weight is 286 g/mol. The average Bonchev–Trinajstić information content (AvgIpc) is 2.89. The highest BCUT2D eigenvalue weighted by atomic mass is 32.1. The van der Waals surface area contributed by atoms with Gasteiger partial charge in [0.15, 0.2) is 0 Å². The third kappa shape index (κ3) is 2.64. The molecule has 0 saturated heterocycles. The Hall–Kier alpha value is -1.98. The fraction of sp³-hybridized carbons (Fsp3) is 0.200. The number of pyridine rings is 1. The van der Waals surface area contributed by atoms with Gasteiger partial charge in [-0.1, -0.05) is 12.1 Å². The molecular formula is C15H14N2O2S. The van der Waals surface area contributed by atoms with E-state index in [9.17, 15) is 5.11 Å². The van der Waals surface area contributed by atoms with Gasteiger partial charge in [-0.15, -0.1) is 11.3 Å². The molecule has 1 N–H and O–H groups in total. The Kier molecular flexibility index (Phi) is 3.62. The SMILES string of the molecule is COc1ccc(C(O)Cc2nc3ccccc3s2)cn1. The van der Waals surface area contributed by atoms with Crippen molar-refractivity contribution in [2.24, 2.45) is 0 Å². The van der Waals surface area contributed by atoms with E-state index in [2.05, 4.69) is 9.97 Å². The smallest absolute Gasteiger partial charge is 0.212 e. The molecule has 1 atom stereocenters. The van der Waals surface area contributed by atoms with Gasteiger partial charge in [0.25, 0.3) is 0 Å².